The van der Waals surface area contributed by atoms with Gasteiger partial charge < -0.3 is 10.6 Å². The summed E-state index contributed by atoms with van der Waals surface area (Å²) in [7, 11) is 0. The average molecular weight is 336 g/mol. The number of urea groups is 1. The number of anilines is 1. The van der Waals surface area contributed by atoms with E-state index in [-0.39, 0.29) is 5.91 Å². The molecule has 126 valence electrons. The second-order valence-corrected chi connectivity index (χ2v) is 5.72. The molecule has 0 spiro atoms. The first-order valence-corrected chi connectivity index (χ1v) is 7.60. The highest BCUT2D eigenvalue weighted by molar-refractivity contribution is 6.07. The molecule has 0 aliphatic carbocycles. The predicted octanol–water partition coefficient (Wildman–Crippen LogP) is 1.79. The van der Waals surface area contributed by atoms with Gasteiger partial charge in [-0.3, -0.25) is 19.9 Å². The van der Waals surface area contributed by atoms with Gasteiger partial charge in [0.25, 0.3) is 5.91 Å². The standard InChI is InChI=1S/C18H16N4O3/c1-18(16(24)21-17(25)22-18)13-5-7-14(8-6-13)20-15(23)9-4-12-3-2-10-19-11-12/h2-11H,1H3,(H,20,23)(H2,21,22,24,25)/b9-4+. The quantitative estimate of drug-likeness (QED) is 0.585. The highest BCUT2D eigenvalue weighted by Gasteiger charge is 2.43. The van der Waals surface area contributed by atoms with Crippen LogP contribution < -0.4 is 16.0 Å². The fraction of sp³-hybridized carbons (Fsp3) is 0.111. The van der Waals surface area contributed by atoms with Gasteiger partial charge in [0.1, 0.15) is 5.54 Å². The molecule has 7 nitrogen and oxygen atoms in total. The van der Waals surface area contributed by atoms with Crippen molar-refractivity contribution in [2.45, 2.75) is 12.5 Å². The molecule has 25 heavy (non-hydrogen) atoms. The molecule has 7 heteroatoms. The van der Waals surface area contributed by atoms with Gasteiger partial charge in [-0.1, -0.05) is 18.2 Å². The molecule has 0 radical (unpaired) electrons. The van der Waals surface area contributed by atoms with Crippen molar-refractivity contribution in [3.63, 3.8) is 0 Å². The number of hydrogen-bond acceptors (Lipinski definition) is 4. The van der Waals surface area contributed by atoms with Crippen molar-refractivity contribution in [3.8, 4) is 0 Å². The second kappa shape index (κ2) is 6.56. The minimum atomic E-state index is -1.11. The van der Waals surface area contributed by atoms with Gasteiger partial charge in [-0.25, -0.2) is 4.79 Å². The van der Waals surface area contributed by atoms with Gasteiger partial charge in [0, 0.05) is 24.2 Å². The molecule has 2 heterocycles. The summed E-state index contributed by atoms with van der Waals surface area (Å²) >= 11 is 0. The summed E-state index contributed by atoms with van der Waals surface area (Å²) < 4.78 is 0. The Bertz CT molecular complexity index is 846. The first-order chi connectivity index (χ1) is 12.0. The first-order valence-electron chi connectivity index (χ1n) is 7.60. The zero-order chi connectivity index (χ0) is 17.9. The van der Waals surface area contributed by atoms with Crippen LogP contribution in [-0.4, -0.2) is 22.8 Å². The van der Waals surface area contributed by atoms with Crippen LogP contribution in [0.5, 0.6) is 0 Å². The van der Waals surface area contributed by atoms with Crippen LogP contribution in [0.4, 0.5) is 10.5 Å². The molecule has 4 amide bonds. The highest BCUT2D eigenvalue weighted by atomic mass is 16.2. The highest BCUT2D eigenvalue weighted by Crippen LogP contribution is 2.25. The van der Waals surface area contributed by atoms with E-state index in [1.807, 2.05) is 6.07 Å². The van der Waals surface area contributed by atoms with Crippen LogP contribution in [0, 0.1) is 0 Å². The van der Waals surface area contributed by atoms with Gasteiger partial charge in [-0.2, -0.15) is 0 Å². The maximum absolute atomic E-state index is 11.9. The molecule has 1 fully saturated rings. The van der Waals surface area contributed by atoms with Crippen LogP contribution in [0.2, 0.25) is 0 Å². The molecule has 3 N–H and O–H groups in total. The van der Waals surface area contributed by atoms with Gasteiger partial charge in [-0.15, -0.1) is 0 Å². The van der Waals surface area contributed by atoms with Crippen LogP contribution >= 0.6 is 0 Å². The van der Waals surface area contributed by atoms with Crippen molar-refractivity contribution < 1.29 is 14.4 Å². The summed E-state index contributed by atoms with van der Waals surface area (Å²) in [4.78, 5) is 39.2. The van der Waals surface area contributed by atoms with Crippen LogP contribution in [0.15, 0.2) is 54.9 Å². The molecule has 0 saturated carbocycles. The van der Waals surface area contributed by atoms with Gasteiger partial charge in [0.15, 0.2) is 0 Å². The van der Waals surface area contributed by atoms with Gasteiger partial charge in [0.2, 0.25) is 5.91 Å². The molecule has 3 rings (SSSR count). The van der Waals surface area contributed by atoms with Gasteiger partial charge in [-0.05, 0) is 42.3 Å². The Balaban J connectivity index is 1.67. The lowest BCUT2D eigenvalue weighted by molar-refractivity contribution is -0.123. The average Bonchev–Trinajstić information content (AvgIpc) is 2.87. The Morgan fingerprint density at radius 3 is 2.56 bits per heavy atom. The van der Waals surface area contributed by atoms with Crippen LogP contribution in [0.3, 0.4) is 0 Å². The Hall–Kier alpha value is -3.48. The topological polar surface area (TPSA) is 100 Å². The number of nitrogens with zero attached hydrogens (tertiary/aromatic N) is 1. The SMILES string of the molecule is CC1(c2ccc(NC(=O)/C=C/c3cccnc3)cc2)NC(=O)NC1=O. The zero-order valence-corrected chi connectivity index (χ0v) is 13.4. The Labute approximate surface area is 144 Å². The van der Waals surface area contributed by atoms with E-state index in [9.17, 15) is 14.4 Å². The van der Waals surface area contributed by atoms with Crippen molar-refractivity contribution in [2.75, 3.05) is 5.32 Å². The minimum absolute atomic E-state index is 0.283. The second-order valence-electron chi connectivity index (χ2n) is 5.72. The van der Waals surface area contributed by atoms with Crippen LogP contribution in [-0.2, 0) is 15.1 Å². The maximum Gasteiger partial charge on any atom is 0.322 e. The molecule has 1 atom stereocenters. The lowest BCUT2D eigenvalue weighted by Gasteiger charge is -2.21. The molecular weight excluding hydrogens is 320 g/mol. The number of nitrogens with one attached hydrogen (secondary N) is 3. The normalized spacial score (nSPS) is 19.6. The van der Waals surface area contributed by atoms with E-state index in [1.165, 1.54) is 6.08 Å². The Kier molecular flexibility index (Phi) is 4.30. The molecular formula is C18H16N4O3. The summed E-state index contributed by atoms with van der Waals surface area (Å²) in [5.41, 5.74) is 0.918. The smallest absolute Gasteiger partial charge is 0.322 e. The fourth-order valence-corrected chi connectivity index (χ4v) is 2.46. The third-order valence-electron chi connectivity index (χ3n) is 3.89. The number of amides is 4. The molecule has 1 saturated heterocycles. The monoisotopic (exact) mass is 336 g/mol. The molecule has 1 aliphatic heterocycles. The van der Waals surface area contributed by atoms with E-state index in [0.29, 0.717) is 11.3 Å². The molecule has 1 aliphatic rings. The molecule has 1 aromatic heterocycles. The summed E-state index contributed by atoms with van der Waals surface area (Å²) in [5, 5.41) is 7.53. The van der Waals surface area contributed by atoms with E-state index in [1.54, 1.807) is 55.7 Å². The van der Waals surface area contributed by atoms with E-state index in [0.717, 1.165) is 5.56 Å². The summed E-state index contributed by atoms with van der Waals surface area (Å²) in [6, 6.07) is 9.83. The third-order valence-corrected chi connectivity index (χ3v) is 3.89. The molecule has 2 aromatic rings. The number of imide groups is 1. The van der Waals surface area contributed by atoms with E-state index in [4.69, 9.17) is 0 Å². The Morgan fingerprint density at radius 2 is 1.96 bits per heavy atom. The zero-order valence-electron chi connectivity index (χ0n) is 13.4. The predicted molar refractivity (Wildman–Crippen MR) is 92.4 cm³/mol. The number of benzene rings is 1. The lowest BCUT2D eigenvalue weighted by Crippen LogP contribution is -2.40. The van der Waals surface area contributed by atoms with E-state index < -0.39 is 17.5 Å². The molecule has 1 unspecified atom stereocenters. The van der Waals surface area contributed by atoms with Gasteiger partial charge >= 0.3 is 6.03 Å². The summed E-state index contributed by atoms with van der Waals surface area (Å²) in [5.74, 6) is -0.691. The lowest BCUT2D eigenvalue weighted by atomic mass is 9.92. The first kappa shape index (κ1) is 16.4. The van der Waals surface area contributed by atoms with Crippen molar-refractivity contribution in [3.05, 3.63) is 66.0 Å². The van der Waals surface area contributed by atoms with E-state index in [2.05, 4.69) is 20.9 Å². The van der Waals surface area contributed by atoms with Crippen molar-refractivity contribution in [1.82, 2.24) is 15.6 Å². The number of rotatable bonds is 4. The van der Waals surface area contributed by atoms with Crippen LogP contribution in [0.25, 0.3) is 6.08 Å². The molecule has 0 bridgehead atoms. The summed E-state index contributed by atoms with van der Waals surface area (Å²) in [6.45, 7) is 1.62. The van der Waals surface area contributed by atoms with E-state index >= 15 is 0 Å². The largest absolute Gasteiger partial charge is 0.323 e. The molecule has 1 aromatic carbocycles. The number of hydrogen-bond donors (Lipinski definition) is 3. The summed E-state index contributed by atoms with van der Waals surface area (Å²) in [6.07, 6.45) is 6.39. The number of aromatic nitrogens is 1. The van der Waals surface area contributed by atoms with Crippen molar-refractivity contribution in [2.24, 2.45) is 0 Å². The fourth-order valence-electron chi connectivity index (χ4n) is 2.46. The Morgan fingerprint density at radius 1 is 1.20 bits per heavy atom. The number of carbonyl (C=O) groups is 3. The maximum atomic E-state index is 11.9. The third kappa shape index (κ3) is 3.55. The van der Waals surface area contributed by atoms with Crippen molar-refractivity contribution in [1.29, 1.82) is 0 Å². The number of carbonyl (C=O) groups excluding carboxylic acids is 3. The van der Waals surface area contributed by atoms with Gasteiger partial charge in [0.05, 0.1) is 0 Å². The van der Waals surface area contributed by atoms with Crippen LogP contribution in [0.1, 0.15) is 18.1 Å². The number of pyridine rings is 1. The minimum Gasteiger partial charge on any atom is -0.323 e. The van der Waals surface area contributed by atoms with Crippen molar-refractivity contribution >= 4 is 29.6 Å².